The molecule has 5 rings (SSSR count). The Morgan fingerprint density at radius 3 is 2.59 bits per heavy atom. The Morgan fingerprint density at radius 1 is 0.909 bits per heavy atom. The molecule has 22 heavy (non-hydrogen) atoms. The van der Waals surface area contributed by atoms with E-state index in [0.717, 1.165) is 0 Å². The summed E-state index contributed by atoms with van der Waals surface area (Å²) >= 11 is 0. The molecule has 2 unspecified atom stereocenters. The minimum atomic E-state index is 0.158. The van der Waals surface area contributed by atoms with Crippen LogP contribution >= 0.6 is 0 Å². The first kappa shape index (κ1) is 12.3. The number of fused-ring (bicyclic) bond motifs is 7. The molecule has 1 N–H and O–H groups in total. The van der Waals surface area contributed by atoms with Gasteiger partial charge in [0.2, 0.25) is 0 Å². The standard InChI is InChI=1S/C21H19N/c1-21(2)16-9-5-3-7-13(16)14-11-12-18-19(20(14)21)15-8-4-6-10-17(15)22-18/h3-12,19-20,22H,1-2H3. The van der Waals surface area contributed by atoms with Gasteiger partial charge in [0.15, 0.2) is 0 Å². The quantitative estimate of drug-likeness (QED) is 0.711. The first-order chi connectivity index (χ1) is 10.7. The van der Waals surface area contributed by atoms with Gasteiger partial charge in [-0.1, -0.05) is 62.4 Å². The molecule has 2 aromatic rings. The molecule has 1 aliphatic heterocycles. The molecule has 0 fully saturated rings. The zero-order chi connectivity index (χ0) is 14.9. The Kier molecular flexibility index (Phi) is 2.19. The van der Waals surface area contributed by atoms with Crippen LogP contribution in [0.1, 0.15) is 36.5 Å². The summed E-state index contributed by atoms with van der Waals surface area (Å²) in [5, 5.41) is 3.63. The fourth-order valence-corrected chi connectivity index (χ4v) is 4.78. The molecule has 2 aromatic carbocycles. The van der Waals surface area contributed by atoms with Crippen molar-refractivity contribution in [1.82, 2.24) is 0 Å². The largest absolute Gasteiger partial charge is 0.358 e. The summed E-state index contributed by atoms with van der Waals surface area (Å²) in [7, 11) is 0. The lowest BCUT2D eigenvalue weighted by molar-refractivity contribution is 0.379. The topological polar surface area (TPSA) is 12.0 Å². The number of allylic oxidation sites excluding steroid dienone is 4. The highest BCUT2D eigenvalue weighted by atomic mass is 14.9. The van der Waals surface area contributed by atoms with Gasteiger partial charge in [-0.3, -0.25) is 0 Å². The molecular weight excluding hydrogens is 266 g/mol. The van der Waals surface area contributed by atoms with Crippen LogP contribution in [-0.2, 0) is 5.41 Å². The number of rotatable bonds is 0. The summed E-state index contributed by atoms with van der Waals surface area (Å²) < 4.78 is 0. The van der Waals surface area contributed by atoms with E-state index in [1.165, 1.54) is 33.6 Å². The second-order valence-corrected chi connectivity index (χ2v) is 7.18. The lowest BCUT2D eigenvalue weighted by Crippen LogP contribution is -2.30. The van der Waals surface area contributed by atoms with Gasteiger partial charge in [-0.25, -0.2) is 0 Å². The van der Waals surface area contributed by atoms with Gasteiger partial charge in [0.25, 0.3) is 0 Å². The molecule has 108 valence electrons. The van der Waals surface area contributed by atoms with Crippen LogP contribution in [0.4, 0.5) is 5.69 Å². The molecule has 2 aliphatic carbocycles. The van der Waals surface area contributed by atoms with Crippen molar-refractivity contribution in [3.63, 3.8) is 0 Å². The first-order valence-electron chi connectivity index (χ1n) is 8.05. The summed E-state index contributed by atoms with van der Waals surface area (Å²) in [6, 6.07) is 17.7. The van der Waals surface area contributed by atoms with Crippen LogP contribution < -0.4 is 5.32 Å². The third-order valence-electron chi connectivity index (χ3n) is 5.73. The van der Waals surface area contributed by atoms with Gasteiger partial charge in [0, 0.05) is 23.2 Å². The molecule has 0 aromatic heterocycles. The average molecular weight is 285 g/mol. The molecule has 0 bridgehead atoms. The number of nitrogens with one attached hydrogen (secondary N) is 1. The SMILES string of the molecule is CC1(C)c2ccccc2C2=CC=C3Nc4ccccc4C3C21. The van der Waals surface area contributed by atoms with Gasteiger partial charge in [-0.2, -0.15) is 0 Å². The fraction of sp³-hybridized carbons (Fsp3) is 0.238. The monoisotopic (exact) mass is 285 g/mol. The Hall–Kier alpha value is -2.28. The van der Waals surface area contributed by atoms with E-state index < -0.39 is 0 Å². The smallest absolute Gasteiger partial charge is 0.0421 e. The molecule has 0 spiro atoms. The minimum absolute atomic E-state index is 0.158. The zero-order valence-corrected chi connectivity index (χ0v) is 12.9. The summed E-state index contributed by atoms with van der Waals surface area (Å²) in [5.41, 5.74) is 8.68. The number of benzene rings is 2. The van der Waals surface area contributed by atoms with E-state index in [-0.39, 0.29) is 5.41 Å². The van der Waals surface area contributed by atoms with E-state index >= 15 is 0 Å². The Bertz CT molecular complexity index is 854. The number of anilines is 1. The second kappa shape index (κ2) is 3.92. The van der Waals surface area contributed by atoms with Gasteiger partial charge in [0.05, 0.1) is 0 Å². The van der Waals surface area contributed by atoms with Gasteiger partial charge in [-0.05, 0) is 39.8 Å². The Labute approximate surface area is 131 Å². The maximum absolute atomic E-state index is 3.63. The average Bonchev–Trinajstić information content (AvgIpc) is 3.02. The van der Waals surface area contributed by atoms with Crippen molar-refractivity contribution < 1.29 is 0 Å². The van der Waals surface area contributed by atoms with Crippen LogP contribution in [0.3, 0.4) is 0 Å². The number of hydrogen-bond donors (Lipinski definition) is 1. The second-order valence-electron chi connectivity index (χ2n) is 7.18. The number of para-hydroxylation sites is 1. The highest BCUT2D eigenvalue weighted by molar-refractivity contribution is 5.84. The normalized spacial score (nSPS) is 26.1. The van der Waals surface area contributed by atoms with E-state index in [9.17, 15) is 0 Å². The van der Waals surface area contributed by atoms with Crippen molar-refractivity contribution in [3.8, 4) is 0 Å². The molecule has 0 saturated carbocycles. The van der Waals surface area contributed by atoms with Gasteiger partial charge < -0.3 is 5.32 Å². The maximum atomic E-state index is 3.63. The predicted molar refractivity (Wildman–Crippen MR) is 91.8 cm³/mol. The number of hydrogen-bond acceptors (Lipinski definition) is 1. The van der Waals surface area contributed by atoms with Gasteiger partial charge in [0.1, 0.15) is 0 Å². The van der Waals surface area contributed by atoms with Crippen molar-refractivity contribution in [2.24, 2.45) is 5.92 Å². The lowest BCUT2D eigenvalue weighted by Gasteiger charge is -2.36. The third kappa shape index (κ3) is 1.34. The maximum Gasteiger partial charge on any atom is 0.0421 e. The van der Waals surface area contributed by atoms with Crippen molar-refractivity contribution in [2.75, 3.05) is 5.32 Å². The highest BCUT2D eigenvalue weighted by Gasteiger charge is 2.50. The van der Waals surface area contributed by atoms with Crippen molar-refractivity contribution in [2.45, 2.75) is 25.2 Å². The Balaban J connectivity index is 1.76. The van der Waals surface area contributed by atoms with Crippen LogP contribution in [-0.4, -0.2) is 0 Å². The summed E-state index contributed by atoms with van der Waals surface area (Å²) in [5.74, 6) is 0.972. The molecule has 2 atom stereocenters. The Morgan fingerprint density at radius 2 is 1.68 bits per heavy atom. The molecular formula is C21H19N. The van der Waals surface area contributed by atoms with Gasteiger partial charge >= 0.3 is 0 Å². The van der Waals surface area contributed by atoms with E-state index in [1.54, 1.807) is 0 Å². The molecule has 1 nitrogen and oxygen atoms in total. The van der Waals surface area contributed by atoms with Crippen molar-refractivity contribution in [3.05, 3.63) is 83.1 Å². The van der Waals surface area contributed by atoms with Crippen LogP contribution in [0.15, 0.2) is 66.4 Å². The van der Waals surface area contributed by atoms with E-state index in [1.807, 2.05) is 0 Å². The van der Waals surface area contributed by atoms with E-state index in [2.05, 4.69) is 79.8 Å². The minimum Gasteiger partial charge on any atom is -0.358 e. The highest BCUT2D eigenvalue weighted by Crippen LogP contribution is 2.60. The van der Waals surface area contributed by atoms with E-state index in [0.29, 0.717) is 11.8 Å². The van der Waals surface area contributed by atoms with Crippen LogP contribution in [0, 0.1) is 5.92 Å². The summed E-state index contributed by atoms with van der Waals surface area (Å²) in [6.07, 6.45) is 4.62. The lowest BCUT2D eigenvalue weighted by atomic mass is 9.67. The molecule has 0 radical (unpaired) electrons. The van der Waals surface area contributed by atoms with Crippen LogP contribution in [0.2, 0.25) is 0 Å². The first-order valence-corrected chi connectivity index (χ1v) is 8.05. The van der Waals surface area contributed by atoms with Crippen molar-refractivity contribution in [1.29, 1.82) is 0 Å². The van der Waals surface area contributed by atoms with Crippen LogP contribution in [0.25, 0.3) is 5.57 Å². The fourth-order valence-electron chi connectivity index (χ4n) is 4.78. The van der Waals surface area contributed by atoms with E-state index in [4.69, 9.17) is 0 Å². The third-order valence-corrected chi connectivity index (χ3v) is 5.73. The summed E-state index contributed by atoms with van der Waals surface area (Å²) in [6.45, 7) is 4.81. The molecule has 3 aliphatic rings. The van der Waals surface area contributed by atoms with Crippen molar-refractivity contribution >= 4 is 11.3 Å². The van der Waals surface area contributed by atoms with Crippen LogP contribution in [0.5, 0.6) is 0 Å². The molecule has 1 heterocycles. The zero-order valence-electron chi connectivity index (χ0n) is 12.9. The predicted octanol–water partition coefficient (Wildman–Crippen LogP) is 5.08. The molecule has 0 saturated heterocycles. The van der Waals surface area contributed by atoms with Gasteiger partial charge in [-0.15, -0.1) is 0 Å². The molecule has 1 heteroatoms. The molecule has 0 amide bonds. The summed E-state index contributed by atoms with van der Waals surface area (Å²) in [4.78, 5) is 0.